The maximum absolute atomic E-state index is 13.9. The lowest BCUT2D eigenvalue weighted by molar-refractivity contribution is -0.645. The van der Waals surface area contributed by atoms with E-state index in [0.29, 0.717) is 17.2 Å². The summed E-state index contributed by atoms with van der Waals surface area (Å²) in [5, 5.41) is 13.9. The maximum Gasteiger partial charge on any atom is 0.345 e. The quantitative estimate of drug-likeness (QED) is 0.387. The zero-order valence-electron chi connectivity index (χ0n) is 18.0. The van der Waals surface area contributed by atoms with Gasteiger partial charge in [-0.15, -0.1) is 0 Å². The molecule has 1 heterocycles. The molecule has 0 aliphatic carbocycles. The Labute approximate surface area is 192 Å². The molecule has 0 N–H and O–H groups in total. The summed E-state index contributed by atoms with van der Waals surface area (Å²) in [5.41, 5.74) is 3.04. The Morgan fingerprint density at radius 1 is 0.667 bits per heavy atom. The highest BCUT2D eigenvalue weighted by Crippen LogP contribution is 2.24. The molecule has 33 heavy (non-hydrogen) atoms. The van der Waals surface area contributed by atoms with Gasteiger partial charge in [-0.2, -0.15) is 4.57 Å². The Morgan fingerprint density at radius 3 is 1.79 bits per heavy atom. The van der Waals surface area contributed by atoms with E-state index in [1.807, 2.05) is 121 Å². The third kappa shape index (κ3) is 3.94. The zero-order chi connectivity index (χ0) is 22.6. The van der Waals surface area contributed by atoms with Gasteiger partial charge in [0.25, 0.3) is 0 Å². The van der Waals surface area contributed by atoms with Gasteiger partial charge in [0, 0.05) is 6.42 Å². The van der Waals surface area contributed by atoms with Crippen LogP contribution in [0.5, 0.6) is 5.88 Å². The first-order valence-corrected chi connectivity index (χ1v) is 10.8. The second kappa shape index (κ2) is 8.97. The Kier molecular flexibility index (Phi) is 5.56. The van der Waals surface area contributed by atoms with Crippen LogP contribution < -0.4 is 15.2 Å². The van der Waals surface area contributed by atoms with Crippen LogP contribution in [0.4, 0.5) is 0 Å². The Bertz CT molecular complexity index is 1430. The van der Waals surface area contributed by atoms with Crippen LogP contribution in [0, 0.1) is 0 Å². The Hall–Kier alpha value is -4.44. The van der Waals surface area contributed by atoms with Crippen LogP contribution in [0.3, 0.4) is 0 Å². The standard InChI is InChI=1S/C29H22N2O2/c32-28-26(21-22-13-5-1-6-14-22)29(33)31(25-19-11-4-12-20-25)27(23-15-7-2-8-16-23)30(28)24-17-9-3-10-18-24/h1-20H,21H2. The predicted octanol–water partition coefficient (Wildman–Crippen LogP) is 4.45. The van der Waals surface area contributed by atoms with Crippen molar-refractivity contribution in [3.8, 4) is 28.6 Å². The molecule has 0 unspecified atom stereocenters. The van der Waals surface area contributed by atoms with E-state index in [-0.39, 0.29) is 23.4 Å². The van der Waals surface area contributed by atoms with Crippen LogP contribution in [0.1, 0.15) is 11.1 Å². The molecular formula is C29H22N2O2. The molecule has 5 aromatic rings. The van der Waals surface area contributed by atoms with Crippen molar-refractivity contribution >= 4 is 0 Å². The summed E-state index contributed by atoms with van der Waals surface area (Å²) in [4.78, 5) is 13.9. The molecule has 0 bridgehead atoms. The van der Waals surface area contributed by atoms with Crippen LogP contribution in [0.2, 0.25) is 0 Å². The van der Waals surface area contributed by atoms with Crippen molar-refractivity contribution in [2.24, 2.45) is 0 Å². The zero-order valence-corrected chi connectivity index (χ0v) is 18.0. The summed E-state index contributed by atoms with van der Waals surface area (Å²) in [5.74, 6) is 0.223. The van der Waals surface area contributed by atoms with E-state index >= 15 is 0 Å². The molecule has 0 saturated heterocycles. The summed E-state index contributed by atoms with van der Waals surface area (Å²) in [6.07, 6.45) is 0.257. The number of para-hydroxylation sites is 2. The molecule has 0 amide bonds. The number of rotatable bonds is 5. The molecule has 0 aliphatic rings. The SMILES string of the molecule is O=c1c(Cc2ccccc2)c([O-])[n+](-c2ccccc2)c(-c2ccccc2)n1-c1ccccc1. The number of nitrogens with zero attached hydrogens (tertiary/aromatic N) is 2. The summed E-state index contributed by atoms with van der Waals surface area (Å²) in [6, 6.07) is 38.2. The van der Waals surface area contributed by atoms with Gasteiger partial charge in [-0.3, -0.25) is 0 Å². The van der Waals surface area contributed by atoms with Crippen molar-refractivity contribution in [2.75, 3.05) is 0 Å². The van der Waals surface area contributed by atoms with Crippen molar-refractivity contribution < 1.29 is 9.67 Å². The summed E-state index contributed by atoms with van der Waals surface area (Å²) >= 11 is 0. The van der Waals surface area contributed by atoms with Gasteiger partial charge in [-0.25, -0.2) is 9.36 Å². The number of hydrogen-bond acceptors (Lipinski definition) is 2. The first-order chi connectivity index (χ1) is 16.2. The van der Waals surface area contributed by atoms with E-state index in [9.17, 15) is 9.90 Å². The van der Waals surface area contributed by atoms with Gasteiger partial charge in [0.2, 0.25) is 0 Å². The highest BCUT2D eigenvalue weighted by molar-refractivity contribution is 5.57. The van der Waals surface area contributed by atoms with E-state index in [0.717, 1.165) is 11.1 Å². The van der Waals surface area contributed by atoms with Crippen molar-refractivity contribution in [1.29, 1.82) is 0 Å². The molecule has 0 radical (unpaired) electrons. The van der Waals surface area contributed by atoms with Gasteiger partial charge < -0.3 is 5.11 Å². The lowest BCUT2D eigenvalue weighted by atomic mass is 10.1. The monoisotopic (exact) mass is 430 g/mol. The first kappa shape index (κ1) is 20.5. The average molecular weight is 431 g/mol. The second-order valence-corrected chi connectivity index (χ2v) is 7.78. The molecule has 1 aromatic heterocycles. The van der Waals surface area contributed by atoms with E-state index in [1.54, 1.807) is 9.13 Å². The lowest BCUT2D eigenvalue weighted by Crippen LogP contribution is -2.46. The van der Waals surface area contributed by atoms with Gasteiger partial charge >= 0.3 is 11.4 Å². The highest BCUT2D eigenvalue weighted by Gasteiger charge is 2.28. The molecule has 0 fully saturated rings. The van der Waals surface area contributed by atoms with Gasteiger partial charge in [0.15, 0.2) is 0 Å². The molecule has 0 aliphatic heterocycles. The van der Waals surface area contributed by atoms with E-state index < -0.39 is 0 Å². The minimum atomic E-state index is -0.305. The fourth-order valence-corrected chi connectivity index (χ4v) is 4.08. The molecule has 160 valence electrons. The highest BCUT2D eigenvalue weighted by atomic mass is 16.3. The van der Waals surface area contributed by atoms with Crippen molar-refractivity contribution in [3.63, 3.8) is 0 Å². The number of benzene rings is 4. The van der Waals surface area contributed by atoms with Gasteiger partial charge in [-0.1, -0.05) is 84.9 Å². The molecule has 4 heteroatoms. The molecule has 5 rings (SSSR count). The molecular weight excluding hydrogens is 408 g/mol. The molecule has 4 nitrogen and oxygen atoms in total. The van der Waals surface area contributed by atoms with Gasteiger partial charge in [0.1, 0.15) is 11.4 Å². The summed E-state index contributed by atoms with van der Waals surface area (Å²) < 4.78 is 3.31. The minimum Gasteiger partial charge on any atom is -0.842 e. The summed E-state index contributed by atoms with van der Waals surface area (Å²) in [7, 11) is 0. The first-order valence-electron chi connectivity index (χ1n) is 10.8. The largest absolute Gasteiger partial charge is 0.842 e. The van der Waals surface area contributed by atoms with Crippen LogP contribution >= 0.6 is 0 Å². The average Bonchev–Trinajstić information content (AvgIpc) is 2.88. The smallest absolute Gasteiger partial charge is 0.345 e. The van der Waals surface area contributed by atoms with Gasteiger partial charge in [-0.05, 0) is 42.0 Å². The number of hydrogen-bond donors (Lipinski definition) is 0. The maximum atomic E-state index is 13.9. The van der Waals surface area contributed by atoms with Crippen LogP contribution in [0.15, 0.2) is 126 Å². The number of aromatic nitrogens is 2. The minimum absolute atomic E-state index is 0.230. The molecule has 4 aromatic carbocycles. The fourth-order valence-electron chi connectivity index (χ4n) is 4.08. The third-order valence-corrected chi connectivity index (χ3v) is 5.63. The topological polar surface area (TPSA) is 48.9 Å². The van der Waals surface area contributed by atoms with Crippen molar-refractivity contribution in [3.05, 3.63) is 143 Å². The fraction of sp³-hybridized carbons (Fsp3) is 0.0345. The van der Waals surface area contributed by atoms with Crippen LogP contribution in [0.25, 0.3) is 22.8 Å². The molecule has 0 saturated carbocycles. The lowest BCUT2D eigenvalue weighted by Gasteiger charge is -2.21. The normalized spacial score (nSPS) is 10.8. The van der Waals surface area contributed by atoms with Crippen molar-refractivity contribution in [1.82, 2.24) is 4.57 Å². The Balaban J connectivity index is 1.91. The molecule has 0 spiro atoms. The summed E-state index contributed by atoms with van der Waals surface area (Å²) in [6.45, 7) is 0. The van der Waals surface area contributed by atoms with Crippen LogP contribution in [-0.2, 0) is 6.42 Å². The van der Waals surface area contributed by atoms with E-state index in [1.165, 1.54) is 0 Å². The third-order valence-electron chi connectivity index (χ3n) is 5.63. The molecule has 0 atom stereocenters. The van der Waals surface area contributed by atoms with E-state index in [2.05, 4.69) is 0 Å². The predicted molar refractivity (Wildman–Crippen MR) is 128 cm³/mol. The van der Waals surface area contributed by atoms with Crippen molar-refractivity contribution in [2.45, 2.75) is 6.42 Å². The van der Waals surface area contributed by atoms with E-state index in [4.69, 9.17) is 0 Å². The van der Waals surface area contributed by atoms with Gasteiger partial charge in [0.05, 0.1) is 17.0 Å². The van der Waals surface area contributed by atoms with Crippen LogP contribution in [-0.4, -0.2) is 4.57 Å². The second-order valence-electron chi connectivity index (χ2n) is 7.78. The Morgan fingerprint density at radius 2 is 1.18 bits per heavy atom.